The van der Waals surface area contributed by atoms with Crippen molar-refractivity contribution < 1.29 is 13.5 Å². The van der Waals surface area contributed by atoms with E-state index < -0.39 is 13.0 Å². The predicted molar refractivity (Wildman–Crippen MR) is 60.3 cm³/mol. The first kappa shape index (κ1) is 15.1. The summed E-state index contributed by atoms with van der Waals surface area (Å²) >= 11 is 0. The molecule has 92 valence electrons. The fraction of sp³-hybridized carbons (Fsp3) is 0.500. The summed E-state index contributed by atoms with van der Waals surface area (Å²) in [5, 5.41) is 0. The van der Waals surface area contributed by atoms with Crippen LogP contribution >= 0.6 is 12.4 Å². The molecule has 0 aliphatic heterocycles. The third-order valence-electron chi connectivity index (χ3n) is 1.92. The number of ether oxygens (including phenoxy) is 1. The fourth-order valence-corrected chi connectivity index (χ4v) is 1.12. The largest absolute Gasteiger partial charge is 0.486 e. The Balaban J connectivity index is 0.00000225. The van der Waals surface area contributed by atoms with Crippen molar-refractivity contribution in [3.05, 3.63) is 23.5 Å². The van der Waals surface area contributed by atoms with Crippen LogP contribution in [0.25, 0.3) is 0 Å². The van der Waals surface area contributed by atoms with Crippen molar-refractivity contribution in [3.8, 4) is 5.75 Å². The second-order valence-corrected chi connectivity index (χ2v) is 3.37. The Morgan fingerprint density at radius 2 is 2.12 bits per heavy atom. The molecule has 1 unspecified atom stereocenters. The van der Waals surface area contributed by atoms with Gasteiger partial charge in [0.15, 0.2) is 0 Å². The molecule has 1 rings (SSSR count). The molecule has 2 N–H and O–H groups in total. The van der Waals surface area contributed by atoms with Gasteiger partial charge in [0.1, 0.15) is 12.4 Å². The Morgan fingerprint density at radius 1 is 1.50 bits per heavy atom. The average molecular weight is 253 g/mol. The molecular weight excluding hydrogens is 238 g/mol. The van der Waals surface area contributed by atoms with Crippen molar-refractivity contribution in [2.45, 2.75) is 26.3 Å². The highest BCUT2D eigenvalue weighted by Gasteiger charge is 2.08. The minimum Gasteiger partial charge on any atom is -0.486 e. The molecule has 0 amide bonds. The molecule has 0 spiro atoms. The van der Waals surface area contributed by atoms with Crippen LogP contribution in [0.3, 0.4) is 0 Å². The normalized spacial score (nSPS) is 12.1. The van der Waals surface area contributed by atoms with Gasteiger partial charge in [0, 0.05) is 6.04 Å². The number of nitrogens with two attached hydrogens (primary N) is 1. The second-order valence-electron chi connectivity index (χ2n) is 3.37. The van der Waals surface area contributed by atoms with E-state index in [0.717, 1.165) is 11.3 Å². The summed E-state index contributed by atoms with van der Waals surface area (Å²) in [5.74, 6) is 0.375. The molecule has 1 aromatic heterocycles. The summed E-state index contributed by atoms with van der Waals surface area (Å²) in [6.07, 6.45) is -1.05. The van der Waals surface area contributed by atoms with Crippen LogP contribution in [-0.2, 0) is 0 Å². The molecule has 0 fully saturated rings. The molecule has 16 heavy (non-hydrogen) atoms. The SMILES string of the molecule is Cc1cc(C(C)N)ncc1OCC(F)F.Cl. The number of halogens is 3. The van der Waals surface area contributed by atoms with Gasteiger partial charge in [-0.3, -0.25) is 4.98 Å². The molecule has 1 aromatic rings. The van der Waals surface area contributed by atoms with E-state index in [1.165, 1.54) is 6.20 Å². The van der Waals surface area contributed by atoms with E-state index in [1.54, 1.807) is 13.0 Å². The smallest absolute Gasteiger partial charge is 0.272 e. The second kappa shape index (κ2) is 6.60. The van der Waals surface area contributed by atoms with Gasteiger partial charge < -0.3 is 10.5 Å². The first-order chi connectivity index (χ1) is 7.00. The maximum Gasteiger partial charge on any atom is 0.272 e. The highest BCUT2D eigenvalue weighted by atomic mass is 35.5. The number of aromatic nitrogens is 1. The van der Waals surface area contributed by atoms with Gasteiger partial charge in [-0.25, -0.2) is 8.78 Å². The Bertz CT molecular complexity index is 335. The monoisotopic (exact) mass is 252 g/mol. The van der Waals surface area contributed by atoms with E-state index in [2.05, 4.69) is 4.98 Å². The predicted octanol–water partition coefficient (Wildman–Crippen LogP) is 2.48. The zero-order chi connectivity index (χ0) is 11.4. The van der Waals surface area contributed by atoms with Gasteiger partial charge in [-0.15, -0.1) is 12.4 Å². The molecule has 0 radical (unpaired) electrons. The number of hydrogen-bond donors (Lipinski definition) is 1. The summed E-state index contributed by atoms with van der Waals surface area (Å²) in [6, 6.07) is 1.57. The van der Waals surface area contributed by atoms with E-state index in [4.69, 9.17) is 10.5 Å². The molecular formula is C10H15ClF2N2O. The third kappa shape index (κ3) is 4.28. The van der Waals surface area contributed by atoms with Crippen LogP contribution in [0, 0.1) is 6.92 Å². The number of alkyl halides is 2. The molecule has 1 heterocycles. The zero-order valence-electron chi connectivity index (χ0n) is 9.11. The lowest BCUT2D eigenvalue weighted by Crippen LogP contribution is -2.10. The third-order valence-corrected chi connectivity index (χ3v) is 1.92. The van der Waals surface area contributed by atoms with Crippen molar-refractivity contribution >= 4 is 12.4 Å². The number of nitrogens with zero attached hydrogens (tertiary/aromatic N) is 1. The van der Waals surface area contributed by atoms with Crippen molar-refractivity contribution in [1.82, 2.24) is 4.98 Å². The van der Waals surface area contributed by atoms with Gasteiger partial charge in [0.05, 0.1) is 11.9 Å². The lowest BCUT2D eigenvalue weighted by molar-refractivity contribution is 0.0813. The number of rotatable bonds is 4. The summed E-state index contributed by atoms with van der Waals surface area (Å²) < 4.78 is 28.7. The number of hydrogen-bond acceptors (Lipinski definition) is 3. The van der Waals surface area contributed by atoms with Crippen LogP contribution in [0.4, 0.5) is 8.78 Å². The van der Waals surface area contributed by atoms with Crippen LogP contribution < -0.4 is 10.5 Å². The summed E-state index contributed by atoms with van der Waals surface area (Å²) in [7, 11) is 0. The topological polar surface area (TPSA) is 48.1 Å². The van der Waals surface area contributed by atoms with Crippen LogP contribution in [0.1, 0.15) is 24.2 Å². The Hall–Kier alpha value is -0.940. The molecule has 0 aliphatic carbocycles. The van der Waals surface area contributed by atoms with E-state index in [1.807, 2.05) is 6.92 Å². The van der Waals surface area contributed by atoms with E-state index in [9.17, 15) is 8.78 Å². The van der Waals surface area contributed by atoms with Gasteiger partial charge in [0.2, 0.25) is 0 Å². The van der Waals surface area contributed by atoms with Gasteiger partial charge in [0.25, 0.3) is 6.43 Å². The first-order valence-electron chi connectivity index (χ1n) is 4.63. The number of pyridine rings is 1. The van der Waals surface area contributed by atoms with E-state index >= 15 is 0 Å². The van der Waals surface area contributed by atoms with Crippen LogP contribution in [0.5, 0.6) is 5.75 Å². The van der Waals surface area contributed by atoms with Crippen LogP contribution in [0.15, 0.2) is 12.3 Å². The first-order valence-corrected chi connectivity index (χ1v) is 4.63. The van der Waals surface area contributed by atoms with Crippen LogP contribution in [-0.4, -0.2) is 18.0 Å². The molecule has 1 atom stereocenters. The zero-order valence-corrected chi connectivity index (χ0v) is 9.93. The Labute approximate surface area is 99.4 Å². The summed E-state index contributed by atoms with van der Waals surface area (Å²) in [5.41, 5.74) is 7.11. The van der Waals surface area contributed by atoms with Gasteiger partial charge >= 0.3 is 0 Å². The molecule has 0 aromatic carbocycles. The standard InChI is InChI=1S/C10H14F2N2O.ClH/c1-6-3-8(7(2)13)14-4-9(6)15-5-10(11)12;/h3-4,7,10H,5,13H2,1-2H3;1H. The van der Waals surface area contributed by atoms with Gasteiger partial charge in [-0.05, 0) is 25.5 Å². The minimum atomic E-state index is -2.47. The highest BCUT2D eigenvalue weighted by Crippen LogP contribution is 2.19. The van der Waals surface area contributed by atoms with Crippen molar-refractivity contribution in [2.75, 3.05) is 6.61 Å². The quantitative estimate of drug-likeness (QED) is 0.896. The summed E-state index contributed by atoms with van der Waals surface area (Å²) in [6.45, 7) is 2.97. The van der Waals surface area contributed by atoms with Crippen molar-refractivity contribution in [3.63, 3.8) is 0 Å². The highest BCUT2D eigenvalue weighted by molar-refractivity contribution is 5.85. The average Bonchev–Trinajstić information content (AvgIpc) is 2.15. The lowest BCUT2D eigenvalue weighted by atomic mass is 10.1. The van der Waals surface area contributed by atoms with E-state index in [-0.39, 0.29) is 18.4 Å². The number of aryl methyl sites for hydroxylation is 1. The van der Waals surface area contributed by atoms with Crippen molar-refractivity contribution in [1.29, 1.82) is 0 Å². The van der Waals surface area contributed by atoms with Crippen molar-refractivity contribution in [2.24, 2.45) is 5.73 Å². The van der Waals surface area contributed by atoms with Crippen LogP contribution in [0.2, 0.25) is 0 Å². The lowest BCUT2D eigenvalue weighted by Gasteiger charge is -2.10. The molecule has 0 bridgehead atoms. The Kier molecular flexibility index (Phi) is 6.21. The molecule has 0 aliphatic rings. The molecule has 0 saturated carbocycles. The molecule has 3 nitrogen and oxygen atoms in total. The van der Waals surface area contributed by atoms with E-state index in [0.29, 0.717) is 5.75 Å². The molecule has 0 saturated heterocycles. The van der Waals surface area contributed by atoms with Gasteiger partial charge in [-0.2, -0.15) is 0 Å². The minimum absolute atomic E-state index is 0. The Morgan fingerprint density at radius 3 is 2.56 bits per heavy atom. The van der Waals surface area contributed by atoms with Gasteiger partial charge in [-0.1, -0.05) is 0 Å². The fourth-order valence-electron chi connectivity index (χ4n) is 1.12. The summed E-state index contributed by atoms with van der Waals surface area (Å²) in [4.78, 5) is 4.02. The molecule has 6 heteroatoms. The maximum atomic E-state index is 11.9. The maximum absolute atomic E-state index is 11.9.